The minimum absolute atomic E-state index is 0.0490. The van der Waals surface area contributed by atoms with Crippen molar-refractivity contribution in [3.8, 4) is 0 Å². The smallest absolute Gasteiger partial charge is 0.255 e. The normalized spacial score (nSPS) is 15.4. The van der Waals surface area contributed by atoms with E-state index < -0.39 is 0 Å². The van der Waals surface area contributed by atoms with Crippen molar-refractivity contribution < 1.29 is 9.59 Å². The molecular formula is C18H24N4O2. The number of hydrogen-bond acceptors (Lipinski definition) is 2. The zero-order valence-corrected chi connectivity index (χ0v) is 14.3. The van der Waals surface area contributed by atoms with E-state index in [2.05, 4.69) is 0 Å². The van der Waals surface area contributed by atoms with Crippen LogP contribution in [0.25, 0.3) is 0 Å². The molecule has 3 heterocycles. The predicted octanol–water partition coefficient (Wildman–Crippen LogP) is 1.28. The Balaban J connectivity index is 1.58. The van der Waals surface area contributed by atoms with E-state index >= 15 is 0 Å². The standard InChI is InChI=1S/C18H24N4O2/c1-19-8-4-15(13-19)12-17(23)21-6-3-7-22(11-10-21)18(24)16-5-9-20(2)14-16/h4-5,8-9,13-14H,3,6-7,10-12H2,1-2H3. The van der Waals surface area contributed by atoms with Gasteiger partial charge in [0.25, 0.3) is 5.91 Å². The lowest BCUT2D eigenvalue weighted by Crippen LogP contribution is -2.37. The average Bonchev–Trinajstić information content (AvgIpc) is 3.07. The number of aromatic nitrogens is 2. The fraction of sp³-hybridized carbons (Fsp3) is 0.444. The van der Waals surface area contributed by atoms with E-state index in [0.29, 0.717) is 38.2 Å². The third-order valence-corrected chi connectivity index (χ3v) is 4.46. The molecule has 0 atom stereocenters. The molecule has 2 amide bonds. The molecule has 0 unspecified atom stereocenters. The molecule has 2 aromatic heterocycles. The van der Waals surface area contributed by atoms with Gasteiger partial charge in [-0.1, -0.05) is 0 Å². The van der Waals surface area contributed by atoms with Crippen LogP contribution >= 0.6 is 0 Å². The minimum Gasteiger partial charge on any atom is -0.357 e. The van der Waals surface area contributed by atoms with Gasteiger partial charge in [-0.3, -0.25) is 9.59 Å². The third-order valence-electron chi connectivity index (χ3n) is 4.46. The number of amides is 2. The summed E-state index contributed by atoms with van der Waals surface area (Å²) in [6, 6.07) is 3.81. The van der Waals surface area contributed by atoms with Crippen LogP contribution in [0.4, 0.5) is 0 Å². The van der Waals surface area contributed by atoms with E-state index in [4.69, 9.17) is 0 Å². The average molecular weight is 328 g/mol. The fourth-order valence-electron chi connectivity index (χ4n) is 3.13. The summed E-state index contributed by atoms with van der Waals surface area (Å²) >= 11 is 0. The van der Waals surface area contributed by atoms with Gasteiger partial charge >= 0.3 is 0 Å². The van der Waals surface area contributed by atoms with Crippen molar-refractivity contribution in [2.24, 2.45) is 14.1 Å². The lowest BCUT2D eigenvalue weighted by Gasteiger charge is -2.22. The van der Waals surface area contributed by atoms with Crippen LogP contribution in [0.2, 0.25) is 0 Å². The molecule has 6 nitrogen and oxygen atoms in total. The van der Waals surface area contributed by atoms with Gasteiger partial charge in [0.15, 0.2) is 0 Å². The molecule has 1 aliphatic rings. The van der Waals surface area contributed by atoms with E-state index in [-0.39, 0.29) is 11.8 Å². The van der Waals surface area contributed by atoms with Crippen molar-refractivity contribution in [3.63, 3.8) is 0 Å². The van der Waals surface area contributed by atoms with Crippen LogP contribution in [0.3, 0.4) is 0 Å². The van der Waals surface area contributed by atoms with Gasteiger partial charge in [-0.15, -0.1) is 0 Å². The molecule has 1 saturated heterocycles. The van der Waals surface area contributed by atoms with Crippen molar-refractivity contribution >= 4 is 11.8 Å². The molecule has 128 valence electrons. The van der Waals surface area contributed by atoms with Gasteiger partial charge in [-0.2, -0.15) is 0 Å². The van der Waals surface area contributed by atoms with E-state index in [1.165, 1.54) is 0 Å². The maximum Gasteiger partial charge on any atom is 0.255 e. The predicted molar refractivity (Wildman–Crippen MR) is 91.6 cm³/mol. The van der Waals surface area contributed by atoms with Crippen molar-refractivity contribution in [2.45, 2.75) is 12.8 Å². The quantitative estimate of drug-likeness (QED) is 0.852. The van der Waals surface area contributed by atoms with Crippen LogP contribution in [0.1, 0.15) is 22.3 Å². The summed E-state index contributed by atoms with van der Waals surface area (Å²) in [6.45, 7) is 2.60. The molecule has 1 aliphatic heterocycles. The topological polar surface area (TPSA) is 50.5 Å². The van der Waals surface area contributed by atoms with Crippen molar-refractivity contribution in [2.75, 3.05) is 26.2 Å². The molecule has 0 aromatic carbocycles. The summed E-state index contributed by atoms with van der Waals surface area (Å²) in [7, 11) is 3.86. The molecule has 0 radical (unpaired) electrons. The van der Waals surface area contributed by atoms with Crippen LogP contribution < -0.4 is 0 Å². The number of nitrogens with zero attached hydrogens (tertiary/aromatic N) is 4. The highest BCUT2D eigenvalue weighted by atomic mass is 16.2. The first kappa shape index (κ1) is 16.4. The Bertz CT molecular complexity index is 731. The lowest BCUT2D eigenvalue weighted by atomic mass is 10.2. The first-order valence-corrected chi connectivity index (χ1v) is 8.33. The highest BCUT2D eigenvalue weighted by Gasteiger charge is 2.23. The van der Waals surface area contributed by atoms with Crippen molar-refractivity contribution in [1.29, 1.82) is 0 Å². The second-order valence-electron chi connectivity index (χ2n) is 6.45. The second kappa shape index (κ2) is 6.95. The van der Waals surface area contributed by atoms with E-state index in [1.807, 2.05) is 69.9 Å². The summed E-state index contributed by atoms with van der Waals surface area (Å²) in [5, 5.41) is 0. The summed E-state index contributed by atoms with van der Waals surface area (Å²) in [5.41, 5.74) is 1.74. The fourth-order valence-corrected chi connectivity index (χ4v) is 3.13. The van der Waals surface area contributed by atoms with Crippen LogP contribution in [0.15, 0.2) is 36.9 Å². The van der Waals surface area contributed by atoms with Crippen LogP contribution in [-0.2, 0) is 25.3 Å². The minimum atomic E-state index is 0.0490. The molecule has 3 rings (SSSR count). The SMILES string of the molecule is Cn1ccc(CC(=O)N2CCCN(C(=O)c3ccn(C)c3)CC2)c1. The molecule has 0 aliphatic carbocycles. The maximum absolute atomic E-state index is 12.5. The molecule has 0 saturated carbocycles. The van der Waals surface area contributed by atoms with Gasteiger partial charge < -0.3 is 18.9 Å². The highest BCUT2D eigenvalue weighted by Crippen LogP contribution is 2.11. The van der Waals surface area contributed by atoms with Gasteiger partial charge in [-0.25, -0.2) is 0 Å². The van der Waals surface area contributed by atoms with Gasteiger partial charge in [0.1, 0.15) is 0 Å². The van der Waals surface area contributed by atoms with Gasteiger partial charge in [-0.05, 0) is 24.1 Å². The largest absolute Gasteiger partial charge is 0.357 e. The first-order valence-electron chi connectivity index (χ1n) is 8.33. The van der Waals surface area contributed by atoms with E-state index in [1.54, 1.807) is 0 Å². The van der Waals surface area contributed by atoms with Gasteiger partial charge in [0.05, 0.1) is 12.0 Å². The van der Waals surface area contributed by atoms with Crippen molar-refractivity contribution in [1.82, 2.24) is 18.9 Å². The summed E-state index contributed by atoms with van der Waals surface area (Å²) in [4.78, 5) is 28.8. The van der Waals surface area contributed by atoms with Crippen LogP contribution in [0, 0.1) is 0 Å². The Morgan fingerprint density at radius 1 is 0.917 bits per heavy atom. The van der Waals surface area contributed by atoms with Crippen molar-refractivity contribution in [3.05, 3.63) is 48.0 Å². The molecule has 0 spiro atoms. The number of aryl methyl sites for hydroxylation is 2. The Morgan fingerprint density at radius 3 is 2.25 bits per heavy atom. The zero-order chi connectivity index (χ0) is 17.1. The second-order valence-corrected chi connectivity index (χ2v) is 6.45. The number of rotatable bonds is 3. The van der Waals surface area contributed by atoms with Crippen LogP contribution in [0.5, 0.6) is 0 Å². The molecular weight excluding hydrogens is 304 g/mol. The maximum atomic E-state index is 12.5. The third kappa shape index (κ3) is 3.69. The molecule has 2 aromatic rings. The molecule has 0 N–H and O–H groups in total. The number of carbonyl (C=O) groups excluding carboxylic acids is 2. The highest BCUT2D eigenvalue weighted by molar-refractivity contribution is 5.94. The zero-order valence-electron chi connectivity index (χ0n) is 14.3. The Labute approximate surface area is 142 Å². The number of hydrogen-bond donors (Lipinski definition) is 0. The monoisotopic (exact) mass is 328 g/mol. The number of carbonyl (C=O) groups is 2. The molecule has 0 bridgehead atoms. The Hall–Kier alpha value is -2.50. The Kier molecular flexibility index (Phi) is 4.74. The molecule has 1 fully saturated rings. The van der Waals surface area contributed by atoms with E-state index in [9.17, 15) is 9.59 Å². The van der Waals surface area contributed by atoms with Gasteiger partial charge in [0.2, 0.25) is 5.91 Å². The Morgan fingerprint density at radius 2 is 1.58 bits per heavy atom. The van der Waals surface area contributed by atoms with E-state index in [0.717, 1.165) is 12.0 Å². The molecule has 6 heteroatoms. The summed E-state index contributed by atoms with van der Waals surface area (Å²) in [6.07, 6.45) is 8.88. The van der Waals surface area contributed by atoms with Crippen LogP contribution in [-0.4, -0.2) is 56.9 Å². The molecule has 24 heavy (non-hydrogen) atoms. The lowest BCUT2D eigenvalue weighted by molar-refractivity contribution is -0.130. The van der Waals surface area contributed by atoms with Gasteiger partial charge in [0, 0.05) is 65.1 Å². The summed E-state index contributed by atoms with van der Waals surface area (Å²) < 4.78 is 3.83. The first-order chi connectivity index (χ1) is 11.5. The summed E-state index contributed by atoms with van der Waals surface area (Å²) in [5.74, 6) is 0.183.